The van der Waals surface area contributed by atoms with Gasteiger partial charge in [0.2, 0.25) is 0 Å². The van der Waals surface area contributed by atoms with Crippen LogP contribution in [0.15, 0.2) is 24.3 Å². The molecule has 1 saturated heterocycles. The van der Waals surface area contributed by atoms with E-state index in [0.29, 0.717) is 11.5 Å². The van der Waals surface area contributed by atoms with Crippen molar-refractivity contribution in [2.24, 2.45) is 0 Å². The molecule has 1 aromatic rings. The third-order valence-electron chi connectivity index (χ3n) is 3.74. The van der Waals surface area contributed by atoms with Crippen LogP contribution < -0.4 is 9.47 Å². The van der Waals surface area contributed by atoms with E-state index in [4.69, 9.17) is 19.5 Å². The fourth-order valence-corrected chi connectivity index (χ4v) is 2.36. The minimum Gasteiger partial charge on any atom is -0.493 e. The van der Waals surface area contributed by atoms with Gasteiger partial charge in [0, 0.05) is 6.42 Å². The van der Waals surface area contributed by atoms with Crippen molar-refractivity contribution in [3.8, 4) is 17.6 Å². The molecule has 5 nitrogen and oxygen atoms in total. The number of hydrogen-bond donors (Lipinski definition) is 0. The molecule has 1 aromatic carbocycles. The maximum Gasteiger partial charge on any atom is 0.200 e. The summed E-state index contributed by atoms with van der Waals surface area (Å²) in [7, 11) is 5.37. The zero-order chi connectivity index (χ0) is 16.7. The number of methoxy groups -OCH3 is 1. The average Bonchev–Trinajstić information content (AvgIpc) is 2.57. The molecule has 5 heteroatoms. The van der Waals surface area contributed by atoms with E-state index < -0.39 is 0 Å². The third kappa shape index (κ3) is 4.98. The summed E-state index contributed by atoms with van der Waals surface area (Å²) in [5.74, 6) is 1.35. The Hall–Kier alpha value is -2.03. The minimum absolute atomic E-state index is 0.198. The second-order valence-electron chi connectivity index (χ2n) is 5.72. The molecule has 0 aliphatic carbocycles. The summed E-state index contributed by atoms with van der Waals surface area (Å²) < 4.78 is 16.9. The van der Waals surface area contributed by atoms with E-state index in [1.807, 2.05) is 49.3 Å². The van der Waals surface area contributed by atoms with Gasteiger partial charge < -0.3 is 14.2 Å². The molecule has 1 aliphatic heterocycles. The number of likely N-dealkylation sites (N-methyl/N-ethyl adjacent to an activating group) is 1. The molecular weight excluding hydrogens is 292 g/mol. The predicted molar refractivity (Wildman–Crippen MR) is 89.3 cm³/mol. The Morgan fingerprint density at radius 1 is 1.35 bits per heavy atom. The standard InChI is InChI=1S/C18H24N2O3/c1-20(2)15(13-19)9-7-14-8-10-16(17(12-14)21-3)23-18-6-4-5-11-22-18/h7-10,12,15,18H,4-6,11H2,1-3H3/b9-7+. The lowest BCUT2D eigenvalue weighted by atomic mass is 10.1. The van der Waals surface area contributed by atoms with Crippen LogP contribution in [-0.4, -0.2) is 45.0 Å². The first-order valence-electron chi connectivity index (χ1n) is 7.84. The number of rotatable bonds is 6. The molecule has 1 aliphatic rings. The van der Waals surface area contributed by atoms with Gasteiger partial charge in [-0.1, -0.05) is 18.2 Å². The van der Waals surface area contributed by atoms with Crippen molar-refractivity contribution in [1.29, 1.82) is 5.26 Å². The molecule has 2 atom stereocenters. The van der Waals surface area contributed by atoms with E-state index in [9.17, 15) is 0 Å². The van der Waals surface area contributed by atoms with Crippen LogP contribution in [0.3, 0.4) is 0 Å². The Kier molecular flexibility index (Phi) is 6.45. The number of hydrogen-bond acceptors (Lipinski definition) is 5. The molecule has 1 fully saturated rings. The van der Waals surface area contributed by atoms with E-state index in [2.05, 4.69) is 6.07 Å². The van der Waals surface area contributed by atoms with Gasteiger partial charge in [0.15, 0.2) is 17.8 Å². The number of nitriles is 1. The number of ether oxygens (including phenoxy) is 3. The molecule has 0 amide bonds. The summed E-state index contributed by atoms with van der Waals surface area (Å²) in [5, 5.41) is 9.10. The molecule has 0 bridgehead atoms. The van der Waals surface area contributed by atoms with Crippen molar-refractivity contribution < 1.29 is 14.2 Å². The lowest BCUT2D eigenvalue weighted by molar-refractivity contribution is -0.106. The lowest BCUT2D eigenvalue weighted by Crippen LogP contribution is -2.25. The van der Waals surface area contributed by atoms with Gasteiger partial charge in [0.25, 0.3) is 0 Å². The van der Waals surface area contributed by atoms with E-state index in [-0.39, 0.29) is 12.3 Å². The van der Waals surface area contributed by atoms with Crippen LogP contribution in [0.5, 0.6) is 11.5 Å². The number of benzene rings is 1. The molecule has 1 heterocycles. The van der Waals surface area contributed by atoms with Crippen LogP contribution >= 0.6 is 0 Å². The van der Waals surface area contributed by atoms with Gasteiger partial charge in [-0.15, -0.1) is 0 Å². The maximum absolute atomic E-state index is 9.10. The fraction of sp³-hybridized carbons (Fsp3) is 0.500. The molecule has 2 rings (SSSR count). The highest BCUT2D eigenvalue weighted by Crippen LogP contribution is 2.31. The van der Waals surface area contributed by atoms with Gasteiger partial charge >= 0.3 is 0 Å². The van der Waals surface area contributed by atoms with Crippen LogP contribution in [0.4, 0.5) is 0 Å². The van der Waals surface area contributed by atoms with Gasteiger partial charge in [0.1, 0.15) is 6.04 Å². The van der Waals surface area contributed by atoms with Crippen molar-refractivity contribution >= 4 is 6.08 Å². The van der Waals surface area contributed by atoms with Gasteiger partial charge in [-0.3, -0.25) is 4.90 Å². The molecular formula is C18H24N2O3. The van der Waals surface area contributed by atoms with Gasteiger partial charge in [-0.2, -0.15) is 5.26 Å². The van der Waals surface area contributed by atoms with E-state index in [0.717, 1.165) is 31.4 Å². The van der Waals surface area contributed by atoms with Crippen LogP contribution in [0.1, 0.15) is 24.8 Å². The first kappa shape index (κ1) is 17.3. The summed E-state index contributed by atoms with van der Waals surface area (Å²) in [5.41, 5.74) is 0.959. The van der Waals surface area contributed by atoms with Crippen molar-refractivity contribution in [1.82, 2.24) is 4.90 Å². The second kappa shape index (κ2) is 8.56. The van der Waals surface area contributed by atoms with E-state index in [1.165, 1.54) is 0 Å². The topological polar surface area (TPSA) is 54.7 Å². The molecule has 2 unspecified atom stereocenters. The first-order chi connectivity index (χ1) is 11.1. The van der Waals surface area contributed by atoms with Crippen LogP contribution in [0.25, 0.3) is 6.08 Å². The average molecular weight is 316 g/mol. The number of nitrogens with zero attached hydrogens (tertiary/aromatic N) is 2. The zero-order valence-electron chi connectivity index (χ0n) is 14.0. The Balaban J connectivity index is 2.09. The van der Waals surface area contributed by atoms with Crippen LogP contribution in [0, 0.1) is 11.3 Å². The monoisotopic (exact) mass is 316 g/mol. The van der Waals surface area contributed by atoms with E-state index in [1.54, 1.807) is 7.11 Å². The smallest absolute Gasteiger partial charge is 0.200 e. The Morgan fingerprint density at radius 2 is 2.17 bits per heavy atom. The molecule has 0 saturated carbocycles. The summed E-state index contributed by atoms with van der Waals surface area (Å²) in [4.78, 5) is 1.85. The van der Waals surface area contributed by atoms with Crippen molar-refractivity contribution in [3.63, 3.8) is 0 Å². The third-order valence-corrected chi connectivity index (χ3v) is 3.74. The molecule has 124 valence electrons. The van der Waals surface area contributed by atoms with Gasteiger partial charge in [-0.05, 0) is 44.6 Å². The summed E-state index contributed by atoms with van der Waals surface area (Å²) in [6.45, 7) is 0.744. The van der Waals surface area contributed by atoms with Gasteiger partial charge in [-0.25, -0.2) is 0 Å². The molecule has 0 radical (unpaired) electrons. The molecule has 0 spiro atoms. The minimum atomic E-state index is -0.257. The van der Waals surface area contributed by atoms with Crippen LogP contribution in [0.2, 0.25) is 0 Å². The highest BCUT2D eigenvalue weighted by molar-refractivity contribution is 5.56. The summed E-state index contributed by atoms with van der Waals surface area (Å²) in [6.07, 6.45) is 6.69. The summed E-state index contributed by atoms with van der Waals surface area (Å²) >= 11 is 0. The Morgan fingerprint density at radius 3 is 2.78 bits per heavy atom. The van der Waals surface area contributed by atoms with Gasteiger partial charge in [0.05, 0.1) is 19.8 Å². The SMILES string of the molecule is COc1cc(/C=C/C(C#N)N(C)C)ccc1OC1CCCCO1. The fourth-order valence-electron chi connectivity index (χ4n) is 2.36. The normalized spacial score (nSPS) is 19.5. The maximum atomic E-state index is 9.10. The Bertz CT molecular complexity index is 572. The molecule has 0 aromatic heterocycles. The summed E-state index contributed by atoms with van der Waals surface area (Å²) in [6, 6.07) is 7.71. The Labute approximate surface area is 138 Å². The van der Waals surface area contributed by atoms with Crippen LogP contribution in [-0.2, 0) is 4.74 Å². The van der Waals surface area contributed by atoms with Crippen molar-refractivity contribution in [2.45, 2.75) is 31.6 Å². The van der Waals surface area contributed by atoms with Crippen molar-refractivity contribution in [3.05, 3.63) is 29.8 Å². The second-order valence-corrected chi connectivity index (χ2v) is 5.72. The highest BCUT2D eigenvalue weighted by atomic mass is 16.7. The largest absolute Gasteiger partial charge is 0.493 e. The zero-order valence-corrected chi connectivity index (χ0v) is 14.0. The molecule has 0 N–H and O–H groups in total. The van der Waals surface area contributed by atoms with Crippen molar-refractivity contribution in [2.75, 3.05) is 27.8 Å². The van der Waals surface area contributed by atoms with E-state index >= 15 is 0 Å². The predicted octanol–water partition coefficient (Wildman–Crippen LogP) is 3.07. The quantitative estimate of drug-likeness (QED) is 0.807. The first-order valence-corrected chi connectivity index (χ1v) is 7.84. The highest BCUT2D eigenvalue weighted by Gasteiger charge is 2.17. The lowest BCUT2D eigenvalue weighted by Gasteiger charge is -2.24. The molecule has 23 heavy (non-hydrogen) atoms.